The second-order valence-corrected chi connectivity index (χ2v) is 8.78. The fraction of sp³-hybridized carbons (Fsp3) is 0.417. The summed E-state index contributed by atoms with van der Waals surface area (Å²) in [4.78, 5) is 22.7. The molecule has 1 aliphatic rings. The van der Waals surface area contributed by atoms with Crippen molar-refractivity contribution < 1.29 is 19.0 Å². The molecule has 1 aliphatic heterocycles. The number of para-hydroxylation sites is 1. The molecule has 2 heterocycles. The number of hydrogen-bond acceptors (Lipinski definition) is 7. The lowest BCUT2D eigenvalue weighted by Crippen LogP contribution is -2.39. The molecular weight excluding hydrogens is 426 g/mol. The Bertz CT molecular complexity index is 1080. The lowest BCUT2D eigenvalue weighted by molar-refractivity contribution is 0.0376. The SMILES string of the molecule is COc1cccc(C(=O)N(CCCN2CCOCC2)c2nc3ccc(C)cc3s2)c1OC. The zero-order chi connectivity index (χ0) is 22.5. The van der Waals surface area contributed by atoms with E-state index in [9.17, 15) is 4.79 Å². The van der Waals surface area contributed by atoms with Crippen LogP contribution in [0.4, 0.5) is 5.13 Å². The van der Waals surface area contributed by atoms with Gasteiger partial charge in [0.05, 0.1) is 43.2 Å². The Balaban J connectivity index is 1.64. The second-order valence-electron chi connectivity index (χ2n) is 7.77. The lowest BCUT2D eigenvalue weighted by Gasteiger charge is -2.28. The first-order valence-electron chi connectivity index (χ1n) is 10.8. The van der Waals surface area contributed by atoms with E-state index in [-0.39, 0.29) is 5.91 Å². The molecule has 0 radical (unpaired) electrons. The summed E-state index contributed by atoms with van der Waals surface area (Å²) >= 11 is 1.54. The minimum absolute atomic E-state index is 0.140. The molecule has 1 fully saturated rings. The zero-order valence-electron chi connectivity index (χ0n) is 18.8. The van der Waals surface area contributed by atoms with E-state index in [1.54, 1.807) is 42.6 Å². The minimum Gasteiger partial charge on any atom is -0.493 e. The monoisotopic (exact) mass is 455 g/mol. The first kappa shape index (κ1) is 22.5. The molecular formula is C24H29N3O4S. The largest absolute Gasteiger partial charge is 0.493 e. The topological polar surface area (TPSA) is 64.1 Å². The number of nitrogens with zero attached hydrogens (tertiary/aromatic N) is 3. The molecule has 0 N–H and O–H groups in total. The van der Waals surface area contributed by atoms with Gasteiger partial charge in [-0.05, 0) is 43.2 Å². The van der Waals surface area contributed by atoms with E-state index in [4.69, 9.17) is 19.2 Å². The maximum absolute atomic E-state index is 13.7. The molecule has 1 aromatic heterocycles. The van der Waals surface area contributed by atoms with Gasteiger partial charge >= 0.3 is 0 Å². The number of benzene rings is 2. The third-order valence-electron chi connectivity index (χ3n) is 5.60. The number of carbonyl (C=O) groups is 1. The Morgan fingerprint density at radius 3 is 2.75 bits per heavy atom. The van der Waals surface area contributed by atoms with Gasteiger partial charge in [-0.25, -0.2) is 4.98 Å². The molecule has 1 amide bonds. The van der Waals surface area contributed by atoms with Crippen molar-refractivity contribution in [3.63, 3.8) is 0 Å². The van der Waals surface area contributed by atoms with Gasteiger partial charge in [-0.15, -0.1) is 0 Å². The molecule has 0 spiro atoms. The van der Waals surface area contributed by atoms with E-state index < -0.39 is 0 Å². The van der Waals surface area contributed by atoms with Gasteiger partial charge in [-0.3, -0.25) is 14.6 Å². The van der Waals surface area contributed by atoms with Crippen LogP contribution in [-0.2, 0) is 4.74 Å². The molecule has 0 bridgehead atoms. The Kier molecular flexibility index (Phi) is 7.24. The van der Waals surface area contributed by atoms with Crippen molar-refractivity contribution in [3.8, 4) is 11.5 Å². The fourth-order valence-electron chi connectivity index (χ4n) is 3.90. The smallest absolute Gasteiger partial charge is 0.263 e. The van der Waals surface area contributed by atoms with E-state index in [2.05, 4.69) is 17.9 Å². The maximum atomic E-state index is 13.7. The first-order valence-corrected chi connectivity index (χ1v) is 11.6. The van der Waals surface area contributed by atoms with Crippen LogP contribution >= 0.6 is 11.3 Å². The molecule has 32 heavy (non-hydrogen) atoms. The van der Waals surface area contributed by atoms with Crippen molar-refractivity contribution in [1.29, 1.82) is 0 Å². The maximum Gasteiger partial charge on any atom is 0.263 e. The summed E-state index contributed by atoms with van der Waals surface area (Å²) in [6, 6.07) is 11.5. The van der Waals surface area contributed by atoms with Crippen molar-refractivity contribution in [3.05, 3.63) is 47.5 Å². The number of thiazole rings is 1. The molecule has 3 aromatic rings. The number of methoxy groups -OCH3 is 2. The molecule has 2 aromatic carbocycles. The van der Waals surface area contributed by atoms with E-state index in [1.165, 1.54) is 5.56 Å². The normalized spacial score (nSPS) is 14.5. The number of aromatic nitrogens is 1. The minimum atomic E-state index is -0.140. The predicted molar refractivity (Wildman–Crippen MR) is 127 cm³/mol. The summed E-state index contributed by atoms with van der Waals surface area (Å²) in [5.74, 6) is 0.834. The van der Waals surface area contributed by atoms with Gasteiger partial charge in [0.1, 0.15) is 0 Å². The molecule has 0 saturated carbocycles. The second kappa shape index (κ2) is 10.3. The molecule has 0 atom stereocenters. The molecule has 7 nitrogen and oxygen atoms in total. The third-order valence-corrected chi connectivity index (χ3v) is 6.64. The summed E-state index contributed by atoms with van der Waals surface area (Å²) < 4.78 is 17.5. The molecule has 0 aliphatic carbocycles. The van der Waals surface area contributed by atoms with Gasteiger partial charge < -0.3 is 14.2 Å². The average molecular weight is 456 g/mol. The van der Waals surface area contributed by atoms with Gasteiger partial charge in [-0.2, -0.15) is 0 Å². The number of morpholine rings is 1. The number of carbonyl (C=O) groups excluding carboxylic acids is 1. The van der Waals surface area contributed by atoms with Crippen LogP contribution in [0.25, 0.3) is 10.2 Å². The summed E-state index contributed by atoms with van der Waals surface area (Å²) in [6.07, 6.45) is 0.840. The Labute approximate surface area is 192 Å². The first-order chi connectivity index (χ1) is 15.6. The lowest BCUT2D eigenvalue weighted by atomic mass is 10.1. The van der Waals surface area contributed by atoms with Crippen molar-refractivity contribution in [2.45, 2.75) is 13.3 Å². The van der Waals surface area contributed by atoms with Crippen LogP contribution in [-0.4, -0.2) is 69.4 Å². The van der Waals surface area contributed by atoms with Gasteiger partial charge in [0.2, 0.25) is 0 Å². The van der Waals surface area contributed by atoms with Crippen molar-refractivity contribution in [2.75, 3.05) is 58.5 Å². The Hall–Kier alpha value is -2.68. The quantitative estimate of drug-likeness (QED) is 0.512. The summed E-state index contributed by atoms with van der Waals surface area (Å²) in [7, 11) is 3.12. The van der Waals surface area contributed by atoms with Gasteiger partial charge in [0.15, 0.2) is 16.6 Å². The highest BCUT2D eigenvalue weighted by molar-refractivity contribution is 7.22. The zero-order valence-corrected chi connectivity index (χ0v) is 19.6. The van der Waals surface area contributed by atoms with E-state index in [0.717, 1.165) is 49.5 Å². The van der Waals surface area contributed by atoms with Crippen LogP contribution in [0.3, 0.4) is 0 Å². The van der Waals surface area contributed by atoms with Crippen LogP contribution in [0.2, 0.25) is 0 Å². The van der Waals surface area contributed by atoms with Gasteiger partial charge in [0, 0.05) is 26.2 Å². The van der Waals surface area contributed by atoms with Crippen molar-refractivity contribution in [2.24, 2.45) is 0 Å². The van der Waals surface area contributed by atoms with Crippen LogP contribution in [0.1, 0.15) is 22.3 Å². The number of ether oxygens (including phenoxy) is 3. The van der Waals surface area contributed by atoms with Crippen LogP contribution in [0.5, 0.6) is 11.5 Å². The molecule has 0 unspecified atom stereocenters. The molecule has 170 valence electrons. The van der Waals surface area contributed by atoms with Gasteiger partial charge in [0.25, 0.3) is 5.91 Å². The fourth-order valence-corrected chi connectivity index (χ4v) is 4.99. The Morgan fingerprint density at radius 2 is 2.00 bits per heavy atom. The number of aryl methyl sites for hydroxylation is 1. The average Bonchev–Trinajstić information content (AvgIpc) is 3.24. The van der Waals surface area contributed by atoms with Crippen LogP contribution in [0.15, 0.2) is 36.4 Å². The summed E-state index contributed by atoms with van der Waals surface area (Å²) in [5.41, 5.74) is 2.54. The molecule has 8 heteroatoms. The van der Waals surface area contributed by atoms with Crippen LogP contribution < -0.4 is 14.4 Å². The number of hydrogen-bond donors (Lipinski definition) is 0. The highest BCUT2D eigenvalue weighted by Crippen LogP contribution is 2.35. The number of anilines is 1. The standard InChI is InChI=1S/C24H29N3O4S/c1-17-8-9-19-21(16-17)32-24(25-19)27(11-5-10-26-12-14-31-15-13-26)23(28)18-6-4-7-20(29-2)22(18)30-3/h4,6-9,16H,5,10-15H2,1-3H3. The highest BCUT2D eigenvalue weighted by atomic mass is 32.1. The number of fused-ring (bicyclic) bond motifs is 1. The van der Waals surface area contributed by atoms with E-state index >= 15 is 0 Å². The van der Waals surface area contributed by atoms with E-state index in [1.807, 2.05) is 18.2 Å². The van der Waals surface area contributed by atoms with Crippen LogP contribution in [0, 0.1) is 6.92 Å². The summed E-state index contributed by atoms with van der Waals surface area (Å²) in [6.45, 7) is 6.92. The Morgan fingerprint density at radius 1 is 1.19 bits per heavy atom. The summed E-state index contributed by atoms with van der Waals surface area (Å²) in [5, 5.41) is 0.697. The van der Waals surface area contributed by atoms with Gasteiger partial charge in [-0.1, -0.05) is 23.5 Å². The highest BCUT2D eigenvalue weighted by Gasteiger charge is 2.26. The molecule has 1 saturated heterocycles. The van der Waals surface area contributed by atoms with Crippen molar-refractivity contribution >= 4 is 32.6 Å². The predicted octanol–water partition coefficient (Wildman–Crippen LogP) is 3.99. The van der Waals surface area contributed by atoms with Crippen molar-refractivity contribution in [1.82, 2.24) is 9.88 Å². The number of amides is 1. The third kappa shape index (κ3) is 4.87. The number of rotatable bonds is 8. The van der Waals surface area contributed by atoms with E-state index in [0.29, 0.717) is 28.7 Å². The molecule has 4 rings (SSSR count).